The van der Waals surface area contributed by atoms with Gasteiger partial charge in [0.2, 0.25) is 0 Å². The molecule has 1 unspecified atom stereocenters. The molecule has 0 radical (unpaired) electrons. The fourth-order valence-electron chi connectivity index (χ4n) is 2.89. The molecule has 1 atom stereocenters. The molecule has 0 aliphatic heterocycles. The standard InChI is InChI=1S/C17H17Cl2NOS/c1-2-10-3-5-12-13(9-22-16(12)7-10)17(21)20-11-4-6-14(18)15(19)8-11/h4,6,8-10H,2-3,5,7H2,1H3,(H,20,21). The summed E-state index contributed by atoms with van der Waals surface area (Å²) in [5.74, 6) is 0.697. The molecule has 1 N–H and O–H groups in total. The Bertz CT molecular complexity index is 711. The highest BCUT2D eigenvalue weighted by Crippen LogP contribution is 2.34. The molecule has 1 amide bonds. The van der Waals surface area contributed by atoms with Crippen molar-refractivity contribution in [1.82, 2.24) is 0 Å². The quantitative estimate of drug-likeness (QED) is 0.739. The summed E-state index contributed by atoms with van der Waals surface area (Å²) < 4.78 is 0. The number of carbonyl (C=O) groups is 1. The van der Waals surface area contributed by atoms with Crippen LogP contribution in [0.3, 0.4) is 0 Å². The Labute approximate surface area is 144 Å². The summed E-state index contributed by atoms with van der Waals surface area (Å²) >= 11 is 13.6. The molecule has 116 valence electrons. The predicted molar refractivity (Wildman–Crippen MR) is 94.5 cm³/mol. The summed E-state index contributed by atoms with van der Waals surface area (Å²) in [6, 6.07) is 5.13. The van der Waals surface area contributed by atoms with Gasteiger partial charge in [-0.3, -0.25) is 4.79 Å². The van der Waals surface area contributed by atoms with Crippen molar-refractivity contribution in [2.45, 2.75) is 32.6 Å². The second-order valence-electron chi connectivity index (χ2n) is 5.65. The van der Waals surface area contributed by atoms with Crippen LogP contribution in [-0.2, 0) is 12.8 Å². The maximum atomic E-state index is 12.5. The topological polar surface area (TPSA) is 29.1 Å². The number of hydrogen-bond donors (Lipinski definition) is 1. The van der Waals surface area contributed by atoms with E-state index in [1.165, 1.54) is 23.3 Å². The van der Waals surface area contributed by atoms with Gasteiger partial charge in [0.05, 0.1) is 15.6 Å². The van der Waals surface area contributed by atoms with Crippen molar-refractivity contribution in [1.29, 1.82) is 0 Å². The van der Waals surface area contributed by atoms with Crippen LogP contribution in [0.15, 0.2) is 23.6 Å². The molecular weight excluding hydrogens is 337 g/mol. The number of rotatable bonds is 3. The number of hydrogen-bond acceptors (Lipinski definition) is 2. The van der Waals surface area contributed by atoms with Crippen LogP contribution >= 0.6 is 34.5 Å². The summed E-state index contributed by atoms with van der Waals surface area (Å²) in [6.45, 7) is 2.24. The highest BCUT2D eigenvalue weighted by atomic mass is 35.5. The zero-order valence-corrected chi connectivity index (χ0v) is 14.6. The Kier molecular flexibility index (Phi) is 4.76. The van der Waals surface area contributed by atoms with Gasteiger partial charge < -0.3 is 5.32 Å². The van der Waals surface area contributed by atoms with Gasteiger partial charge in [0.15, 0.2) is 0 Å². The van der Waals surface area contributed by atoms with Crippen molar-refractivity contribution in [2.24, 2.45) is 5.92 Å². The number of thiophene rings is 1. The Balaban J connectivity index is 1.79. The van der Waals surface area contributed by atoms with Crippen LogP contribution in [0.5, 0.6) is 0 Å². The fraction of sp³-hybridized carbons (Fsp3) is 0.353. The number of halogens is 2. The molecule has 22 heavy (non-hydrogen) atoms. The van der Waals surface area contributed by atoms with Gasteiger partial charge in [0.25, 0.3) is 5.91 Å². The summed E-state index contributed by atoms with van der Waals surface area (Å²) in [6.07, 6.45) is 4.49. The van der Waals surface area contributed by atoms with E-state index in [1.807, 2.05) is 5.38 Å². The van der Waals surface area contributed by atoms with Gasteiger partial charge in [-0.25, -0.2) is 0 Å². The molecule has 1 aromatic heterocycles. The van der Waals surface area contributed by atoms with Gasteiger partial charge in [-0.15, -0.1) is 11.3 Å². The Morgan fingerprint density at radius 1 is 1.36 bits per heavy atom. The van der Waals surface area contributed by atoms with E-state index in [9.17, 15) is 4.79 Å². The number of benzene rings is 1. The molecule has 2 aromatic rings. The van der Waals surface area contributed by atoms with E-state index < -0.39 is 0 Å². The molecule has 1 aliphatic rings. The molecule has 5 heteroatoms. The highest BCUT2D eigenvalue weighted by molar-refractivity contribution is 7.10. The minimum Gasteiger partial charge on any atom is -0.322 e. The molecule has 1 heterocycles. The molecule has 1 aliphatic carbocycles. The van der Waals surface area contributed by atoms with E-state index in [0.717, 1.165) is 24.3 Å². The van der Waals surface area contributed by atoms with Gasteiger partial charge in [0, 0.05) is 15.9 Å². The Hall–Kier alpha value is -1.03. The monoisotopic (exact) mass is 353 g/mol. The van der Waals surface area contributed by atoms with Crippen LogP contribution in [0.2, 0.25) is 10.0 Å². The van der Waals surface area contributed by atoms with E-state index in [4.69, 9.17) is 23.2 Å². The summed E-state index contributed by atoms with van der Waals surface area (Å²) in [5, 5.41) is 5.82. The SMILES string of the molecule is CCC1CCc2c(C(=O)Nc3ccc(Cl)c(Cl)c3)csc2C1. The number of fused-ring (bicyclic) bond motifs is 1. The number of nitrogens with one attached hydrogen (secondary N) is 1. The summed E-state index contributed by atoms with van der Waals surface area (Å²) in [5.41, 5.74) is 2.70. The van der Waals surface area contributed by atoms with Gasteiger partial charge in [-0.2, -0.15) is 0 Å². The lowest BCUT2D eigenvalue weighted by molar-refractivity contribution is 0.102. The first-order chi connectivity index (χ1) is 10.6. The molecule has 0 fully saturated rings. The van der Waals surface area contributed by atoms with E-state index >= 15 is 0 Å². The van der Waals surface area contributed by atoms with Crippen molar-refractivity contribution in [3.05, 3.63) is 49.6 Å². The molecule has 0 saturated carbocycles. The van der Waals surface area contributed by atoms with Crippen molar-refractivity contribution in [2.75, 3.05) is 5.32 Å². The first-order valence-corrected chi connectivity index (χ1v) is 9.07. The minimum absolute atomic E-state index is 0.0640. The van der Waals surface area contributed by atoms with Crippen LogP contribution in [0.4, 0.5) is 5.69 Å². The van der Waals surface area contributed by atoms with Crippen LogP contribution < -0.4 is 5.32 Å². The smallest absolute Gasteiger partial charge is 0.256 e. The van der Waals surface area contributed by atoms with Crippen molar-refractivity contribution < 1.29 is 4.79 Å². The zero-order chi connectivity index (χ0) is 15.7. The maximum absolute atomic E-state index is 12.5. The van der Waals surface area contributed by atoms with E-state index in [2.05, 4.69) is 12.2 Å². The zero-order valence-electron chi connectivity index (χ0n) is 12.3. The Morgan fingerprint density at radius 2 is 2.18 bits per heavy atom. The average molecular weight is 354 g/mol. The van der Waals surface area contributed by atoms with Crippen LogP contribution in [0, 0.1) is 5.92 Å². The molecule has 0 spiro atoms. The van der Waals surface area contributed by atoms with Crippen LogP contribution in [0.1, 0.15) is 40.6 Å². The third kappa shape index (κ3) is 3.17. The summed E-state index contributed by atoms with van der Waals surface area (Å²) in [7, 11) is 0. The second-order valence-corrected chi connectivity index (χ2v) is 7.43. The van der Waals surface area contributed by atoms with E-state index in [1.54, 1.807) is 29.5 Å². The Morgan fingerprint density at radius 3 is 2.91 bits per heavy atom. The first kappa shape index (κ1) is 15.9. The minimum atomic E-state index is -0.0640. The van der Waals surface area contributed by atoms with Gasteiger partial charge >= 0.3 is 0 Å². The molecular formula is C17H17Cl2NOS. The number of amides is 1. The van der Waals surface area contributed by atoms with Gasteiger partial charge in [-0.1, -0.05) is 36.5 Å². The molecule has 0 bridgehead atoms. The predicted octanol–water partition coefficient (Wildman–Crippen LogP) is 5.82. The largest absolute Gasteiger partial charge is 0.322 e. The number of carbonyl (C=O) groups excluding carboxylic acids is 1. The third-order valence-electron chi connectivity index (χ3n) is 4.26. The van der Waals surface area contributed by atoms with Gasteiger partial charge in [0.1, 0.15) is 0 Å². The van der Waals surface area contributed by atoms with Crippen LogP contribution in [0.25, 0.3) is 0 Å². The number of anilines is 1. The highest BCUT2D eigenvalue weighted by Gasteiger charge is 2.24. The maximum Gasteiger partial charge on any atom is 0.256 e. The van der Waals surface area contributed by atoms with Gasteiger partial charge in [-0.05, 0) is 48.9 Å². The molecule has 0 saturated heterocycles. The lowest BCUT2D eigenvalue weighted by atomic mass is 9.86. The molecule has 1 aromatic carbocycles. The van der Waals surface area contributed by atoms with Crippen molar-refractivity contribution in [3.63, 3.8) is 0 Å². The normalized spacial score (nSPS) is 17.1. The average Bonchev–Trinajstić information content (AvgIpc) is 2.94. The fourth-order valence-corrected chi connectivity index (χ4v) is 4.39. The summed E-state index contributed by atoms with van der Waals surface area (Å²) in [4.78, 5) is 13.9. The third-order valence-corrected chi connectivity index (χ3v) is 6.05. The van der Waals surface area contributed by atoms with Crippen molar-refractivity contribution >= 4 is 46.1 Å². The molecule has 2 nitrogen and oxygen atoms in total. The van der Waals surface area contributed by atoms with E-state index in [0.29, 0.717) is 15.7 Å². The molecule has 3 rings (SSSR count). The second kappa shape index (κ2) is 6.61. The van der Waals surface area contributed by atoms with Crippen molar-refractivity contribution in [3.8, 4) is 0 Å². The lowest BCUT2D eigenvalue weighted by Gasteiger charge is -2.21. The van der Waals surface area contributed by atoms with E-state index in [-0.39, 0.29) is 5.91 Å². The lowest BCUT2D eigenvalue weighted by Crippen LogP contribution is -2.17. The van der Waals surface area contributed by atoms with Crippen LogP contribution in [-0.4, -0.2) is 5.91 Å². The first-order valence-electron chi connectivity index (χ1n) is 7.44.